The predicted molar refractivity (Wildman–Crippen MR) is 98.7 cm³/mol. The number of nitro benzene ring substituents is 2. The zero-order valence-electron chi connectivity index (χ0n) is 14.9. The second-order valence-corrected chi connectivity index (χ2v) is 5.42. The van der Waals surface area contributed by atoms with E-state index in [1.807, 2.05) is 0 Å². The molecule has 0 aliphatic rings. The molecule has 0 bridgehead atoms. The van der Waals surface area contributed by atoms with Crippen LogP contribution in [-0.4, -0.2) is 36.2 Å². The fourth-order valence-electron chi connectivity index (χ4n) is 2.33. The summed E-state index contributed by atoms with van der Waals surface area (Å²) in [7, 11) is 2.72. The molecule has 0 saturated carbocycles. The van der Waals surface area contributed by atoms with E-state index in [4.69, 9.17) is 9.47 Å². The number of nitrogens with zero attached hydrogens (tertiary/aromatic N) is 3. The quantitative estimate of drug-likeness (QED) is 0.414. The smallest absolute Gasteiger partial charge is 0.277 e. The Kier molecular flexibility index (Phi) is 6.58. The topological polar surface area (TPSA) is 146 Å². The van der Waals surface area contributed by atoms with E-state index in [2.05, 4.69) is 10.5 Å². The van der Waals surface area contributed by atoms with Gasteiger partial charge in [0.05, 0.1) is 42.8 Å². The van der Waals surface area contributed by atoms with Crippen molar-refractivity contribution in [2.75, 3.05) is 14.2 Å². The van der Waals surface area contributed by atoms with Gasteiger partial charge in [-0.15, -0.1) is 0 Å². The molecule has 11 heteroatoms. The molecule has 0 radical (unpaired) electrons. The van der Waals surface area contributed by atoms with Crippen LogP contribution < -0.4 is 14.9 Å². The molecule has 0 fully saturated rings. The highest BCUT2D eigenvalue weighted by atomic mass is 16.6. The number of carbonyl (C=O) groups is 1. The van der Waals surface area contributed by atoms with Gasteiger partial charge in [0.2, 0.25) is 5.91 Å². The van der Waals surface area contributed by atoms with E-state index in [1.165, 1.54) is 50.8 Å². The molecule has 2 aromatic carbocycles. The third kappa shape index (κ3) is 5.00. The summed E-state index contributed by atoms with van der Waals surface area (Å²) in [4.78, 5) is 32.9. The third-order valence-electron chi connectivity index (χ3n) is 3.62. The number of rotatable bonds is 8. The van der Waals surface area contributed by atoms with Crippen LogP contribution in [0.1, 0.15) is 11.1 Å². The zero-order chi connectivity index (χ0) is 20.7. The van der Waals surface area contributed by atoms with E-state index in [1.54, 1.807) is 6.07 Å². The minimum Gasteiger partial charge on any atom is -0.493 e. The number of amides is 1. The van der Waals surface area contributed by atoms with Crippen molar-refractivity contribution < 1.29 is 24.1 Å². The second kappa shape index (κ2) is 9.07. The first kappa shape index (κ1) is 20.3. The maximum Gasteiger partial charge on any atom is 0.277 e. The van der Waals surface area contributed by atoms with Gasteiger partial charge in [0, 0.05) is 23.3 Å². The van der Waals surface area contributed by atoms with Gasteiger partial charge >= 0.3 is 0 Å². The van der Waals surface area contributed by atoms with E-state index in [0.29, 0.717) is 5.56 Å². The van der Waals surface area contributed by atoms with Gasteiger partial charge in [-0.1, -0.05) is 12.1 Å². The number of hydrogen-bond acceptors (Lipinski definition) is 8. The van der Waals surface area contributed by atoms with Crippen molar-refractivity contribution in [1.82, 2.24) is 5.43 Å². The number of hydrazone groups is 1. The summed E-state index contributed by atoms with van der Waals surface area (Å²) in [5.74, 6) is -0.199. The lowest BCUT2D eigenvalue weighted by atomic mass is 10.1. The Labute approximate surface area is 158 Å². The summed E-state index contributed by atoms with van der Waals surface area (Å²) < 4.78 is 10.1. The maximum absolute atomic E-state index is 12.1. The first-order chi connectivity index (χ1) is 13.3. The van der Waals surface area contributed by atoms with Gasteiger partial charge in [-0.05, 0) is 6.07 Å². The normalized spacial score (nSPS) is 10.5. The Balaban J connectivity index is 2.13. The molecular formula is C17H16N4O7. The van der Waals surface area contributed by atoms with Crippen LogP contribution in [0.15, 0.2) is 41.5 Å². The monoisotopic (exact) mass is 388 g/mol. The minimum absolute atomic E-state index is 0.115. The predicted octanol–water partition coefficient (Wildman–Crippen LogP) is 2.21. The van der Waals surface area contributed by atoms with E-state index in [9.17, 15) is 25.0 Å². The van der Waals surface area contributed by atoms with Gasteiger partial charge in [-0.25, -0.2) is 5.43 Å². The van der Waals surface area contributed by atoms with Gasteiger partial charge in [-0.2, -0.15) is 5.10 Å². The molecule has 11 nitrogen and oxygen atoms in total. The molecule has 0 unspecified atom stereocenters. The van der Waals surface area contributed by atoms with Crippen molar-refractivity contribution >= 4 is 23.5 Å². The number of nitro groups is 2. The number of benzene rings is 2. The molecule has 0 spiro atoms. The molecule has 0 atom stereocenters. The largest absolute Gasteiger partial charge is 0.493 e. The van der Waals surface area contributed by atoms with Crippen molar-refractivity contribution in [3.8, 4) is 11.5 Å². The highest BCUT2D eigenvalue weighted by molar-refractivity contribution is 5.84. The van der Waals surface area contributed by atoms with E-state index in [-0.39, 0.29) is 34.9 Å². The molecule has 0 aliphatic heterocycles. The van der Waals surface area contributed by atoms with Crippen LogP contribution in [0.3, 0.4) is 0 Å². The summed E-state index contributed by atoms with van der Waals surface area (Å²) in [6.07, 6.45) is 0.900. The molecule has 0 aromatic heterocycles. The molecule has 1 amide bonds. The van der Waals surface area contributed by atoms with Gasteiger partial charge in [0.15, 0.2) is 11.5 Å². The Bertz CT molecular complexity index is 943. The number of nitrogens with one attached hydrogen (secondary N) is 1. The molecule has 1 N–H and O–H groups in total. The fraction of sp³-hybridized carbons (Fsp3) is 0.176. The first-order valence-electron chi connectivity index (χ1n) is 7.81. The SMILES string of the molecule is COc1cc(CC(=O)N/N=C\c2cccc([N+](=O)[O-])c2)c([N+](=O)[O-])cc1OC. The number of ether oxygens (including phenoxy) is 2. The fourth-order valence-corrected chi connectivity index (χ4v) is 2.33. The summed E-state index contributed by atoms with van der Waals surface area (Å²) in [5, 5.41) is 25.7. The van der Waals surface area contributed by atoms with E-state index < -0.39 is 15.8 Å². The van der Waals surface area contributed by atoms with Crippen LogP contribution in [0, 0.1) is 20.2 Å². The highest BCUT2D eigenvalue weighted by Crippen LogP contribution is 2.34. The summed E-state index contributed by atoms with van der Waals surface area (Å²) in [6.45, 7) is 0. The molecule has 28 heavy (non-hydrogen) atoms. The molecule has 2 rings (SSSR count). The molecular weight excluding hydrogens is 372 g/mol. The van der Waals surface area contributed by atoms with Crippen molar-refractivity contribution in [3.05, 3.63) is 67.8 Å². The molecule has 146 valence electrons. The van der Waals surface area contributed by atoms with Crippen molar-refractivity contribution in [2.24, 2.45) is 5.10 Å². The van der Waals surface area contributed by atoms with Gasteiger partial charge in [0.25, 0.3) is 11.4 Å². The van der Waals surface area contributed by atoms with Crippen molar-refractivity contribution in [2.45, 2.75) is 6.42 Å². The third-order valence-corrected chi connectivity index (χ3v) is 3.62. The molecule has 0 saturated heterocycles. The van der Waals surface area contributed by atoms with Gasteiger partial charge < -0.3 is 9.47 Å². The number of hydrogen-bond donors (Lipinski definition) is 1. The van der Waals surface area contributed by atoms with Crippen LogP contribution in [0.5, 0.6) is 11.5 Å². The number of non-ortho nitro benzene ring substituents is 1. The lowest BCUT2D eigenvalue weighted by Crippen LogP contribution is -2.20. The molecule has 0 heterocycles. The van der Waals surface area contributed by atoms with Gasteiger partial charge in [-0.3, -0.25) is 25.0 Å². The Hall–Kier alpha value is -4.02. The Morgan fingerprint density at radius 1 is 1.11 bits per heavy atom. The second-order valence-electron chi connectivity index (χ2n) is 5.42. The van der Waals surface area contributed by atoms with Crippen LogP contribution >= 0.6 is 0 Å². The maximum atomic E-state index is 12.1. The van der Waals surface area contributed by atoms with Crippen LogP contribution in [0.25, 0.3) is 0 Å². The average molecular weight is 388 g/mol. The minimum atomic E-state index is -0.628. The standard InChI is InChI=1S/C17H16N4O7/c1-27-15-7-12(14(21(25)26)9-16(15)28-2)8-17(22)19-18-10-11-4-3-5-13(6-11)20(23)24/h3-7,9-10H,8H2,1-2H3,(H,19,22)/b18-10-. The van der Waals surface area contributed by atoms with E-state index in [0.717, 1.165) is 0 Å². The molecule has 0 aliphatic carbocycles. The average Bonchev–Trinajstić information content (AvgIpc) is 2.67. The van der Waals surface area contributed by atoms with Crippen LogP contribution in [0.4, 0.5) is 11.4 Å². The van der Waals surface area contributed by atoms with Gasteiger partial charge in [0.1, 0.15) is 0 Å². The summed E-state index contributed by atoms with van der Waals surface area (Å²) in [5.41, 5.74) is 2.34. The highest BCUT2D eigenvalue weighted by Gasteiger charge is 2.21. The summed E-state index contributed by atoms with van der Waals surface area (Å²) in [6, 6.07) is 8.19. The zero-order valence-corrected chi connectivity index (χ0v) is 14.9. The lowest BCUT2D eigenvalue weighted by molar-refractivity contribution is -0.385. The Morgan fingerprint density at radius 2 is 1.79 bits per heavy atom. The van der Waals surface area contributed by atoms with Crippen LogP contribution in [0.2, 0.25) is 0 Å². The van der Waals surface area contributed by atoms with Crippen LogP contribution in [-0.2, 0) is 11.2 Å². The summed E-state index contributed by atoms with van der Waals surface area (Å²) >= 11 is 0. The number of carbonyl (C=O) groups excluding carboxylic acids is 1. The Morgan fingerprint density at radius 3 is 2.39 bits per heavy atom. The number of methoxy groups -OCH3 is 2. The molecule has 2 aromatic rings. The van der Waals surface area contributed by atoms with Crippen molar-refractivity contribution in [1.29, 1.82) is 0 Å². The lowest BCUT2D eigenvalue weighted by Gasteiger charge is -2.10. The first-order valence-corrected chi connectivity index (χ1v) is 7.81. The van der Waals surface area contributed by atoms with E-state index >= 15 is 0 Å². The van der Waals surface area contributed by atoms with Crippen molar-refractivity contribution in [3.63, 3.8) is 0 Å².